The normalized spacial score (nSPS) is 10.6. The second-order valence-corrected chi connectivity index (χ2v) is 5.44. The van der Waals surface area contributed by atoms with Gasteiger partial charge in [-0.2, -0.15) is 0 Å². The van der Waals surface area contributed by atoms with Gasteiger partial charge < -0.3 is 10.2 Å². The third-order valence-electron chi connectivity index (χ3n) is 3.47. The van der Waals surface area contributed by atoms with Crippen LogP contribution in [0.5, 0.6) is 0 Å². The van der Waals surface area contributed by atoms with E-state index in [9.17, 15) is 0 Å². The summed E-state index contributed by atoms with van der Waals surface area (Å²) < 4.78 is 0. The summed E-state index contributed by atoms with van der Waals surface area (Å²) >= 11 is 6.43. The molecule has 0 saturated heterocycles. The van der Waals surface area contributed by atoms with Crippen molar-refractivity contribution in [3.63, 3.8) is 0 Å². The molecule has 0 spiro atoms. The summed E-state index contributed by atoms with van der Waals surface area (Å²) in [5.74, 6) is 0. The fourth-order valence-electron chi connectivity index (χ4n) is 2.37. The maximum atomic E-state index is 6.43. The van der Waals surface area contributed by atoms with Crippen LogP contribution in [0.15, 0.2) is 48.5 Å². The van der Waals surface area contributed by atoms with Gasteiger partial charge in [0.1, 0.15) is 0 Å². The van der Waals surface area contributed by atoms with Gasteiger partial charge in [-0.05, 0) is 49.7 Å². The smallest absolute Gasteiger partial charge is 0.0471 e. The molecule has 0 aromatic heterocycles. The zero-order valence-corrected chi connectivity index (χ0v) is 13.5. The van der Waals surface area contributed by atoms with Crippen molar-refractivity contribution in [3.8, 4) is 0 Å². The van der Waals surface area contributed by atoms with Crippen LogP contribution in [-0.4, -0.2) is 13.1 Å². The second kappa shape index (κ2) is 8.06. The highest BCUT2D eigenvalue weighted by molar-refractivity contribution is 6.31. The van der Waals surface area contributed by atoms with E-state index in [1.54, 1.807) is 0 Å². The molecule has 0 fully saturated rings. The van der Waals surface area contributed by atoms with Gasteiger partial charge in [0.2, 0.25) is 0 Å². The van der Waals surface area contributed by atoms with Gasteiger partial charge in [-0.15, -0.1) is 0 Å². The zero-order valence-electron chi connectivity index (χ0n) is 12.8. The molecule has 0 radical (unpaired) electrons. The van der Waals surface area contributed by atoms with E-state index >= 15 is 0 Å². The van der Waals surface area contributed by atoms with Crippen LogP contribution in [0.4, 0.5) is 11.4 Å². The first-order chi connectivity index (χ1) is 10.3. The highest BCUT2D eigenvalue weighted by atomic mass is 35.5. The molecule has 0 amide bonds. The Kier molecular flexibility index (Phi) is 6.09. The fraction of sp³-hybridized carbons (Fsp3) is 0.333. The van der Waals surface area contributed by atoms with E-state index in [2.05, 4.69) is 66.5 Å². The van der Waals surface area contributed by atoms with Crippen LogP contribution in [0.25, 0.3) is 0 Å². The largest absolute Gasteiger partial charge is 0.342 e. The monoisotopic (exact) mass is 302 g/mol. The average Bonchev–Trinajstić information content (AvgIpc) is 2.51. The first-order valence-corrected chi connectivity index (χ1v) is 7.95. The van der Waals surface area contributed by atoms with Gasteiger partial charge in [0.25, 0.3) is 0 Å². The summed E-state index contributed by atoms with van der Waals surface area (Å²) in [6.45, 7) is 7.07. The number of hydrogen-bond acceptors (Lipinski definition) is 2. The van der Waals surface area contributed by atoms with E-state index in [0.717, 1.165) is 42.3 Å². The van der Waals surface area contributed by atoms with Gasteiger partial charge in [0.05, 0.1) is 0 Å². The highest BCUT2D eigenvalue weighted by Crippen LogP contribution is 2.29. The Balaban J connectivity index is 2.18. The van der Waals surface area contributed by atoms with E-state index in [1.165, 1.54) is 5.69 Å². The fourth-order valence-corrected chi connectivity index (χ4v) is 2.61. The minimum absolute atomic E-state index is 0.824. The molecule has 0 aliphatic rings. The van der Waals surface area contributed by atoms with Crippen molar-refractivity contribution in [2.75, 3.05) is 18.0 Å². The Bertz CT molecular complexity index is 554. The predicted molar refractivity (Wildman–Crippen MR) is 92.6 cm³/mol. The van der Waals surface area contributed by atoms with Gasteiger partial charge >= 0.3 is 0 Å². The van der Waals surface area contributed by atoms with Gasteiger partial charge in [-0.1, -0.05) is 42.8 Å². The Morgan fingerprint density at radius 1 is 1.00 bits per heavy atom. The van der Waals surface area contributed by atoms with Crippen LogP contribution in [-0.2, 0) is 6.54 Å². The second-order valence-electron chi connectivity index (χ2n) is 5.03. The van der Waals surface area contributed by atoms with Crippen LogP contribution in [0.3, 0.4) is 0 Å². The molecule has 2 rings (SSSR count). The molecular weight excluding hydrogens is 280 g/mol. The summed E-state index contributed by atoms with van der Waals surface area (Å²) in [5, 5.41) is 4.21. The van der Waals surface area contributed by atoms with Crippen LogP contribution in [0, 0.1) is 0 Å². The minimum atomic E-state index is 0.824. The minimum Gasteiger partial charge on any atom is -0.342 e. The number of rotatable bonds is 7. The lowest BCUT2D eigenvalue weighted by Gasteiger charge is -2.24. The van der Waals surface area contributed by atoms with E-state index < -0.39 is 0 Å². The van der Waals surface area contributed by atoms with Crippen LogP contribution >= 0.6 is 11.6 Å². The average molecular weight is 303 g/mol. The summed E-state index contributed by atoms with van der Waals surface area (Å²) in [4.78, 5) is 2.26. The Morgan fingerprint density at radius 2 is 1.76 bits per heavy atom. The van der Waals surface area contributed by atoms with E-state index in [0.29, 0.717) is 0 Å². The molecule has 0 aliphatic carbocycles. The molecule has 2 aromatic rings. The van der Waals surface area contributed by atoms with Gasteiger partial charge in [0.15, 0.2) is 0 Å². The number of anilines is 2. The van der Waals surface area contributed by atoms with Crippen molar-refractivity contribution in [2.45, 2.75) is 26.8 Å². The molecule has 21 heavy (non-hydrogen) atoms. The Hall–Kier alpha value is -1.51. The molecular formula is C18H23ClN2. The van der Waals surface area contributed by atoms with Crippen molar-refractivity contribution in [1.82, 2.24) is 5.32 Å². The van der Waals surface area contributed by atoms with Crippen molar-refractivity contribution in [1.29, 1.82) is 0 Å². The van der Waals surface area contributed by atoms with Gasteiger partial charge in [-0.3, -0.25) is 0 Å². The Morgan fingerprint density at radius 3 is 2.38 bits per heavy atom. The molecule has 3 heteroatoms. The molecule has 2 aromatic carbocycles. The standard InChI is InChI=1S/C18H23ClN2/c1-3-12-20-14-15-10-11-17(13-18(15)19)21(4-2)16-8-6-5-7-9-16/h5-11,13,20H,3-4,12,14H2,1-2H3. The van der Waals surface area contributed by atoms with E-state index in [4.69, 9.17) is 11.6 Å². The summed E-state index contributed by atoms with van der Waals surface area (Å²) in [5.41, 5.74) is 3.47. The molecule has 0 heterocycles. The SMILES string of the molecule is CCCNCc1ccc(N(CC)c2ccccc2)cc1Cl. The molecule has 0 aliphatic heterocycles. The highest BCUT2D eigenvalue weighted by Gasteiger charge is 2.09. The van der Waals surface area contributed by atoms with E-state index in [-0.39, 0.29) is 0 Å². The number of nitrogens with zero attached hydrogens (tertiary/aromatic N) is 1. The maximum Gasteiger partial charge on any atom is 0.0471 e. The number of benzene rings is 2. The molecule has 0 saturated carbocycles. The molecule has 0 atom stereocenters. The number of hydrogen-bond donors (Lipinski definition) is 1. The molecule has 1 N–H and O–H groups in total. The van der Waals surface area contributed by atoms with Gasteiger partial charge in [0, 0.05) is 29.5 Å². The van der Waals surface area contributed by atoms with E-state index in [1.807, 2.05) is 6.07 Å². The molecule has 112 valence electrons. The summed E-state index contributed by atoms with van der Waals surface area (Å²) in [6.07, 6.45) is 1.13. The number of nitrogens with one attached hydrogen (secondary N) is 1. The van der Waals surface area contributed by atoms with Gasteiger partial charge in [-0.25, -0.2) is 0 Å². The lowest BCUT2D eigenvalue weighted by Crippen LogP contribution is -2.17. The summed E-state index contributed by atoms with van der Waals surface area (Å²) in [6, 6.07) is 16.7. The predicted octanol–water partition coefficient (Wildman–Crippen LogP) is 5.00. The number of halogens is 1. The third kappa shape index (κ3) is 4.23. The van der Waals surface area contributed by atoms with Crippen LogP contribution in [0.2, 0.25) is 5.02 Å². The molecule has 0 bridgehead atoms. The Labute approximate surface area is 132 Å². The quantitative estimate of drug-likeness (QED) is 0.724. The first kappa shape index (κ1) is 15.9. The molecule has 0 unspecified atom stereocenters. The van der Waals surface area contributed by atoms with Crippen molar-refractivity contribution < 1.29 is 0 Å². The van der Waals surface area contributed by atoms with Crippen molar-refractivity contribution in [2.24, 2.45) is 0 Å². The number of para-hydroxylation sites is 1. The first-order valence-electron chi connectivity index (χ1n) is 7.58. The summed E-state index contributed by atoms with van der Waals surface area (Å²) in [7, 11) is 0. The zero-order chi connectivity index (χ0) is 15.1. The molecule has 2 nitrogen and oxygen atoms in total. The van der Waals surface area contributed by atoms with Crippen LogP contribution < -0.4 is 10.2 Å². The van der Waals surface area contributed by atoms with Crippen molar-refractivity contribution in [3.05, 3.63) is 59.1 Å². The van der Waals surface area contributed by atoms with Crippen molar-refractivity contribution >= 4 is 23.0 Å². The third-order valence-corrected chi connectivity index (χ3v) is 3.83. The topological polar surface area (TPSA) is 15.3 Å². The maximum absolute atomic E-state index is 6.43. The van der Waals surface area contributed by atoms with Crippen LogP contribution in [0.1, 0.15) is 25.8 Å². The lowest BCUT2D eigenvalue weighted by atomic mass is 10.1. The lowest BCUT2D eigenvalue weighted by molar-refractivity contribution is 0.675.